The molecule has 1 fully saturated rings. The molecule has 3 rings (SSSR count). The van der Waals surface area contributed by atoms with E-state index in [0.717, 1.165) is 43.8 Å². The van der Waals surface area contributed by atoms with Crippen molar-refractivity contribution >= 4 is 23.0 Å². The molecule has 1 aromatic rings. The summed E-state index contributed by atoms with van der Waals surface area (Å²) >= 11 is 5.19. The Bertz CT molecular complexity index is 526. The second kappa shape index (κ2) is 6.71. The van der Waals surface area contributed by atoms with E-state index in [1.165, 1.54) is 36.9 Å². The highest BCUT2D eigenvalue weighted by Crippen LogP contribution is 2.25. The summed E-state index contributed by atoms with van der Waals surface area (Å²) in [7, 11) is 0. The van der Waals surface area contributed by atoms with Crippen LogP contribution < -0.4 is 11.1 Å². The second-order valence-electron chi connectivity index (χ2n) is 5.93. The lowest BCUT2D eigenvalue weighted by Gasteiger charge is -2.24. The zero-order chi connectivity index (χ0) is 14.7. The van der Waals surface area contributed by atoms with Crippen LogP contribution in [0.3, 0.4) is 0 Å². The van der Waals surface area contributed by atoms with Crippen LogP contribution in [0, 0.1) is 0 Å². The lowest BCUT2D eigenvalue weighted by molar-refractivity contribution is 0.0247. The zero-order valence-electron chi connectivity index (χ0n) is 12.4. The van der Waals surface area contributed by atoms with Crippen molar-refractivity contribution in [1.82, 2.24) is 4.98 Å². The van der Waals surface area contributed by atoms with Crippen molar-refractivity contribution in [2.24, 2.45) is 5.73 Å². The minimum Gasteiger partial charge on any atom is -0.389 e. The normalized spacial score (nSPS) is 21.6. The molecule has 1 saturated heterocycles. The smallest absolute Gasteiger partial charge is 0.136 e. The van der Waals surface area contributed by atoms with Gasteiger partial charge in [-0.3, -0.25) is 0 Å². The van der Waals surface area contributed by atoms with Crippen LogP contribution in [0.2, 0.25) is 0 Å². The Kier molecular flexibility index (Phi) is 4.70. The lowest BCUT2D eigenvalue weighted by atomic mass is 9.94. The highest BCUT2D eigenvalue weighted by Gasteiger charge is 2.18. The summed E-state index contributed by atoms with van der Waals surface area (Å²) in [5, 5.41) is 3.41. The number of aryl methyl sites for hydroxylation is 2. The number of ether oxygens (including phenoxy) is 1. The van der Waals surface area contributed by atoms with E-state index in [1.807, 2.05) is 0 Å². The summed E-state index contributed by atoms with van der Waals surface area (Å²) in [6.07, 6.45) is 8.39. The van der Waals surface area contributed by atoms with E-state index >= 15 is 0 Å². The Labute approximate surface area is 131 Å². The first kappa shape index (κ1) is 14.7. The van der Waals surface area contributed by atoms with E-state index in [2.05, 4.69) is 11.4 Å². The van der Waals surface area contributed by atoms with Gasteiger partial charge in [0.2, 0.25) is 0 Å². The molecule has 0 aromatic carbocycles. The highest BCUT2D eigenvalue weighted by atomic mass is 32.1. The molecule has 114 valence electrons. The Morgan fingerprint density at radius 3 is 2.95 bits per heavy atom. The molecule has 21 heavy (non-hydrogen) atoms. The van der Waals surface area contributed by atoms with Crippen molar-refractivity contribution in [2.75, 3.05) is 18.5 Å². The molecule has 1 aliphatic carbocycles. The summed E-state index contributed by atoms with van der Waals surface area (Å²) < 4.78 is 5.76. The fourth-order valence-electron chi connectivity index (χ4n) is 3.14. The maximum absolute atomic E-state index is 5.88. The first-order chi connectivity index (χ1) is 10.2. The fourth-order valence-corrected chi connectivity index (χ4v) is 3.29. The lowest BCUT2D eigenvalue weighted by Crippen LogP contribution is -2.28. The molecule has 5 heteroatoms. The first-order valence-corrected chi connectivity index (χ1v) is 8.33. The summed E-state index contributed by atoms with van der Waals surface area (Å²) in [5.74, 6) is 0.831. The van der Waals surface area contributed by atoms with E-state index in [4.69, 9.17) is 27.7 Å². The number of nitrogens with two attached hydrogens (primary N) is 1. The topological polar surface area (TPSA) is 60.2 Å². The molecule has 0 saturated carbocycles. The van der Waals surface area contributed by atoms with Gasteiger partial charge in [0.25, 0.3) is 0 Å². The van der Waals surface area contributed by atoms with E-state index in [0.29, 0.717) is 4.99 Å². The van der Waals surface area contributed by atoms with Gasteiger partial charge in [-0.2, -0.15) is 0 Å². The molecule has 0 radical (unpaired) electrons. The molecule has 3 N–H and O–H groups in total. The van der Waals surface area contributed by atoms with Gasteiger partial charge in [0, 0.05) is 18.8 Å². The van der Waals surface area contributed by atoms with Crippen LogP contribution in [0.25, 0.3) is 0 Å². The number of anilines is 1. The predicted molar refractivity (Wildman–Crippen MR) is 88.8 cm³/mol. The molecule has 0 bridgehead atoms. The molecule has 1 unspecified atom stereocenters. The number of hydrogen-bond acceptors (Lipinski definition) is 4. The van der Waals surface area contributed by atoms with Gasteiger partial charge in [0.1, 0.15) is 10.8 Å². The van der Waals surface area contributed by atoms with E-state index < -0.39 is 0 Å². The number of pyridine rings is 1. The van der Waals surface area contributed by atoms with Gasteiger partial charge in [0.15, 0.2) is 0 Å². The summed E-state index contributed by atoms with van der Waals surface area (Å²) in [6, 6.07) is 2.13. The zero-order valence-corrected chi connectivity index (χ0v) is 13.2. The minimum absolute atomic E-state index is 0.274. The first-order valence-electron chi connectivity index (χ1n) is 7.92. The molecular formula is C16H23N3OS. The SMILES string of the molecule is NC(=S)c1cc2c(nc1NCC1CCCCO1)CCCC2. The van der Waals surface area contributed by atoms with Crippen LogP contribution in [-0.2, 0) is 17.6 Å². The quantitative estimate of drug-likeness (QED) is 0.837. The number of rotatable bonds is 4. The van der Waals surface area contributed by atoms with Crippen LogP contribution in [0.1, 0.15) is 48.9 Å². The second-order valence-corrected chi connectivity index (χ2v) is 6.37. The average molecular weight is 305 g/mol. The average Bonchev–Trinajstić information content (AvgIpc) is 2.53. The van der Waals surface area contributed by atoms with Gasteiger partial charge in [-0.1, -0.05) is 12.2 Å². The van der Waals surface area contributed by atoms with E-state index in [9.17, 15) is 0 Å². The van der Waals surface area contributed by atoms with Crippen LogP contribution >= 0.6 is 12.2 Å². The van der Waals surface area contributed by atoms with Crippen LogP contribution in [-0.4, -0.2) is 29.2 Å². The van der Waals surface area contributed by atoms with Gasteiger partial charge in [-0.15, -0.1) is 0 Å². The fraction of sp³-hybridized carbons (Fsp3) is 0.625. The number of aromatic nitrogens is 1. The van der Waals surface area contributed by atoms with Crippen LogP contribution in [0.4, 0.5) is 5.82 Å². The number of hydrogen-bond donors (Lipinski definition) is 2. The molecule has 0 amide bonds. The summed E-state index contributed by atoms with van der Waals surface area (Å²) in [6.45, 7) is 1.65. The van der Waals surface area contributed by atoms with E-state index in [-0.39, 0.29) is 6.10 Å². The summed E-state index contributed by atoms with van der Waals surface area (Å²) in [4.78, 5) is 5.20. The molecule has 1 aliphatic heterocycles. The van der Waals surface area contributed by atoms with Crippen molar-refractivity contribution in [3.8, 4) is 0 Å². The Morgan fingerprint density at radius 2 is 2.19 bits per heavy atom. The molecule has 2 heterocycles. The largest absolute Gasteiger partial charge is 0.389 e. The standard InChI is InChI=1S/C16H23N3OS/c17-15(21)13-9-11-5-1-2-7-14(11)19-16(13)18-10-12-6-3-4-8-20-12/h9,12H,1-8,10H2,(H2,17,21)(H,18,19). The minimum atomic E-state index is 0.274. The number of thiocarbonyl (C=S) groups is 1. The maximum Gasteiger partial charge on any atom is 0.136 e. The van der Waals surface area contributed by atoms with Crippen LogP contribution in [0.15, 0.2) is 6.07 Å². The number of nitrogens with zero attached hydrogens (tertiary/aromatic N) is 1. The molecule has 1 atom stereocenters. The predicted octanol–water partition coefficient (Wildman–Crippen LogP) is 2.58. The number of fused-ring (bicyclic) bond motifs is 1. The van der Waals surface area contributed by atoms with E-state index in [1.54, 1.807) is 0 Å². The molecule has 0 spiro atoms. The third-order valence-electron chi connectivity index (χ3n) is 4.34. The van der Waals surface area contributed by atoms with Gasteiger partial charge in [-0.05, 0) is 56.6 Å². The van der Waals surface area contributed by atoms with Crippen molar-refractivity contribution in [3.63, 3.8) is 0 Å². The molecule has 2 aliphatic rings. The van der Waals surface area contributed by atoms with Crippen molar-refractivity contribution in [1.29, 1.82) is 0 Å². The Morgan fingerprint density at radius 1 is 1.33 bits per heavy atom. The maximum atomic E-state index is 5.88. The molecule has 4 nitrogen and oxygen atoms in total. The third-order valence-corrected chi connectivity index (χ3v) is 4.56. The van der Waals surface area contributed by atoms with Gasteiger partial charge in [0.05, 0.1) is 11.7 Å². The number of nitrogens with one attached hydrogen (secondary N) is 1. The van der Waals surface area contributed by atoms with Crippen molar-refractivity contribution in [2.45, 2.75) is 51.0 Å². The van der Waals surface area contributed by atoms with Gasteiger partial charge in [-0.25, -0.2) is 4.98 Å². The van der Waals surface area contributed by atoms with Gasteiger partial charge < -0.3 is 15.8 Å². The highest BCUT2D eigenvalue weighted by molar-refractivity contribution is 7.80. The van der Waals surface area contributed by atoms with Gasteiger partial charge >= 0.3 is 0 Å². The molecule has 1 aromatic heterocycles. The third kappa shape index (κ3) is 3.52. The monoisotopic (exact) mass is 305 g/mol. The van der Waals surface area contributed by atoms with Crippen LogP contribution in [0.5, 0.6) is 0 Å². The Balaban J connectivity index is 1.77. The van der Waals surface area contributed by atoms with Crippen molar-refractivity contribution in [3.05, 3.63) is 22.9 Å². The summed E-state index contributed by atoms with van der Waals surface area (Å²) in [5.41, 5.74) is 9.26. The Hall–Kier alpha value is -1.20. The molecular weight excluding hydrogens is 282 g/mol. The van der Waals surface area contributed by atoms with Crippen molar-refractivity contribution < 1.29 is 4.74 Å².